The lowest BCUT2D eigenvalue weighted by Gasteiger charge is -2.32. The predicted octanol–water partition coefficient (Wildman–Crippen LogP) is 5.58. The molecule has 0 bridgehead atoms. The molecule has 0 saturated carbocycles. The molecule has 2 N–H and O–H groups in total. The third-order valence-corrected chi connectivity index (χ3v) is 5.93. The maximum absolute atomic E-state index is 10.1. The average molecular weight is 415 g/mol. The molecule has 0 spiro atoms. The first-order chi connectivity index (χ1) is 12.2. The van der Waals surface area contributed by atoms with Crippen LogP contribution in [0.4, 0.5) is 0 Å². The summed E-state index contributed by atoms with van der Waals surface area (Å²) in [5, 5.41) is 13.6. The summed E-state index contributed by atoms with van der Waals surface area (Å²) in [6, 6.07) is 8.04. The summed E-state index contributed by atoms with van der Waals surface area (Å²) in [7, 11) is 0. The highest BCUT2D eigenvalue weighted by Gasteiger charge is 2.33. The van der Waals surface area contributed by atoms with Gasteiger partial charge in [0.1, 0.15) is 5.75 Å². The van der Waals surface area contributed by atoms with Gasteiger partial charge in [-0.2, -0.15) is 0 Å². The Morgan fingerprint density at radius 1 is 1.23 bits per heavy atom. The molecule has 4 rings (SSSR count). The number of aromatic nitrogens is 1. The molecule has 3 nitrogen and oxygen atoms in total. The number of nitrogens with zero attached hydrogens (tertiary/aromatic N) is 1. The molecule has 1 unspecified atom stereocenters. The van der Waals surface area contributed by atoms with Crippen LogP contribution in [0.15, 0.2) is 34.9 Å². The van der Waals surface area contributed by atoms with Crippen molar-refractivity contribution >= 4 is 27.6 Å². The number of phenols is 1. The minimum Gasteiger partial charge on any atom is -0.508 e. The number of aromatic hydroxyl groups is 1. The van der Waals surface area contributed by atoms with Crippen LogP contribution in [0.1, 0.15) is 61.9 Å². The van der Waals surface area contributed by atoms with E-state index in [2.05, 4.69) is 46.4 Å². The van der Waals surface area contributed by atoms with Crippen LogP contribution in [0.25, 0.3) is 11.6 Å². The highest BCUT2D eigenvalue weighted by atomic mass is 79.9. The minimum atomic E-state index is 0. The van der Waals surface area contributed by atoms with Crippen LogP contribution in [0.3, 0.4) is 0 Å². The molecule has 2 heterocycles. The van der Waals surface area contributed by atoms with Gasteiger partial charge in [-0.15, -0.1) is 0 Å². The molecule has 138 valence electrons. The van der Waals surface area contributed by atoms with Gasteiger partial charge in [-0.3, -0.25) is 4.98 Å². The Kier molecular flexibility index (Phi) is 5.83. The van der Waals surface area contributed by atoms with Crippen molar-refractivity contribution in [1.82, 2.24) is 10.3 Å². The molecule has 26 heavy (non-hydrogen) atoms. The second-order valence-electron chi connectivity index (χ2n) is 6.99. The third-order valence-electron chi connectivity index (χ3n) is 5.49. The Bertz CT molecular complexity index is 825. The van der Waals surface area contributed by atoms with Crippen LogP contribution < -0.4 is 5.32 Å². The lowest BCUT2D eigenvalue weighted by Crippen LogP contribution is -2.32. The van der Waals surface area contributed by atoms with Crippen molar-refractivity contribution < 1.29 is 5.11 Å². The van der Waals surface area contributed by atoms with Crippen molar-refractivity contribution in [2.24, 2.45) is 5.92 Å². The molecule has 4 heteroatoms. The van der Waals surface area contributed by atoms with Crippen molar-refractivity contribution in [1.29, 1.82) is 0 Å². The van der Waals surface area contributed by atoms with Crippen LogP contribution in [0.5, 0.6) is 5.75 Å². The Hall–Kier alpha value is -1.65. The normalized spacial score (nSPS) is 19.6. The van der Waals surface area contributed by atoms with E-state index in [0.717, 1.165) is 36.8 Å². The first-order valence-corrected chi connectivity index (χ1v) is 9.86. The molecule has 1 aliphatic heterocycles. The molecular formula is C22H27BrN2O. The monoisotopic (exact) mass is 414 g/mol. The van der Waals surface area contributed by atoms with E-state index in [1.165, 1.54) is 28.0 Å². The number of rotatable bonds is 2. The van der Waals surface area contributed by atoms with E-state index in [9.17, 15) is 5.11 Å². The first-order valence-electron chi connectivity index (χ1n) is 9.07. The van der Waals surface area contributed by atoms with Gasteiger partial charge in [-0.25, -0.2) is 0 Å². The zero-order valence-electron chi connectivity index (χ0n) is 14.4. The molecule has 0 amide bonds. The maximum Gasteiger partial charge on any atom is 0.116 e. The van der Waals surface area contributed by atoms with Crippen LogP contribution in [0, 0.1) is 5.92 Å². The number of hydrogen-bond acceptors (Lipinski definition) is 3. The van der Waals surface area contributed by atoms with Gasteiger partial charge in [0.05, 0.1) is 5.69 Å². The van der Waals surface area contributed by atoms with Crippen molar-refractivity contribution in [3.8, 4) is 5.75 Å². The Morgan fingerprint density at radius 2 is 2.00 bits per heavy atom. The molecule has 1 aliphatic carbocycles. The first kappa shape index (κ1) is 19.1. The van der Waals surface area contributed by atoms with Crippen molar-refractivity contribution in [3.05, 3.63) is 57.3 Å². The minimum absolute atomic E-state index is 0. The van der Waals surface area contributed by atoms with E-state index in [-0.39, 0.29) is 13.3 Å². The lowest BCUT2D eigenvalue weighted by molar-refractivity contribution is 0.338. The second-order valence-corrected chi connectivity index (χ2v) is 7.90. The van der Waals surface area contributed by atoms with Crippen molar-refractivity contribution in [2.75, 3.05) is 13.1 Å². The molecule has 2 aromatic rings. The predicted molar refractivity (Wildman–Crippen MR) is 112 cm³/mol. The number of fused-ring (bicyclic) bond motifs is 2. The highest BCUT2D eigenvalue weighted by molar-refractivity contribution is 9.10. The maximum atomic E-state index is 10.1. The van der Waals surface area contributed by atoms with Gasteiger partial charge in [0, 0.05) is 16.6 Å². The molecule has 1 atom stereocenters. The van der Waals surface area contributed by atoms with Crippen LogP contribution in [0.2, 0.25) is 0 Å². The number of piperidine rings is 1. The summed E-state index contributed by atoms with van der Waals surface area (Å²) in [5.41, 5.74) is 6.13. The summed E-state index contributed by atoms with van der Waals surface area (Å²) >= 11 is 3.58. The van der Waals surface area contributed by atoms with Crippen LogP contribution in [-0.2, 0) is 0 Å². The van der Waals surface area contributed by atoms with Crippen molar-refractivity contribution in [2.45, 2.75) is 39.5 Å². The number of nitrogens with one attached hydrogen (secondary N) is 1. The molecule has 1 aromatic carbocycles. The standard InChI is InChI=1S/C21H23BrN2O.CH4/c1-2-13-9-15-10-16(22)12-24-21(15)20(14-5-7-23-8-6-14)18-4-3-17(25)11-19(13)18;/h3-4,9-12,14,20,23,25H,2,5-8H2,1H3;1H4. The second kappa shape index (κ2) is 7.93. The van der Waals surface area contributed by atoms with Crippen LogP contribution in [-0.4, -0.2) is 23.2 Å². The zero-order valence-corrected chi connectivity index (χ0v) is 16.0. The number of allylic oxidation sites excluding steroid dienone is 1. The Morgan fingerprint density at radius 3 is 2.73 bits per heavy atom. The quantitative estimate of drug-likeness (QED) is 0.673. The van der Waals surface area contributed by atoms with Crippen LogP contribution >= 0.6 is 15.9 Å². The number of pyridine rings is 1. The topological polar surface area (TPSA) is 45.2 Å². The number of hydrogen-bond donors (Lipinski definition) is 2. The summed E-state index contributed by atoms with van der Waals surface area (Å²) in [5.74, 6) is 1.19. The lowest BCUT2D eigenvalue weighted by atomic mass is 9.76. The number of phenolic OH excluding ortho intramolecular Hbond substituents is 1. The van der Waals surface area contributed by atoms with E-state index in [1.54, 1.807) is 0 Å². The average Bonchev–Trinajstić information content (AvgIpc) is 2.76. The van der Waals surface area contributed by atoms with Crippen molar-refractivity contribution in [3.63, 3.8) is 0 Å². The summed E-state index contributed by atoms with van der Waals surface area (Å²) < 4.78 is 1.01. The fourth-order valence-corrected chi connectivity index (χ4v) is 4.64. The Balaban J connectivity index is 0.00000196. The zero-order chi connectivity index (χ0) is 17.4. The summed E-state index contributed by atoms with van der Waals surface area (Å²) in [6.45, 7) is 4.30. The molecular weight excluding hydrogens is 388 g/mol. The van der Waals surface area contributed by atoms with E-state index >= 15 is 0 Å². The summed E-state index contributed by atoms with van der Waals surface area (Å²) in [4.78, 5) is 4.85. The molecule has 0 radical (unpaired) electrons. The van der Waals surface area contributed by atoms with Gasteiger partial charge in [-0.05, 0) is 101 Å². The van der Waals surface area contributed by atoms with E-state index in [1.807, 2.05) is 18.3 Å². The molecule has 1 saturated heterocycles. The number of halogens is 1. The van der Waals surface area contributed by atoms with Gasteiger partial charge in [-0.1, -0.05) is 20.4 Å². The van der Waals surface area contributed by atoms with Gasteiger partial charge in [0.15, 0.2) is 0 Å². The third kappa shape index (κ3) is 3.45. The van der Waals surface area contributed by atoms with E-state index in [4.69, 9.17) is 4.98 Å². The summed E-state index contributed by atoms with van der Waals surface area (Å²) in [6.07, 6.45) is 7.42. The van der Waals surface area contributed by atoms with Gasteiger partial charge < -0.3 is 10.4 Å². The molecule has 1 aromatic heterocycles. The fourth-order valence-electron chi connectivity index (χ4n) is 4.29. The largest absolute Gasteiger partial charge is 0.508 e. The molecule has 1 fully saturated rings. The van der Waals surface area contributed by atoms with Gasteiger partial charge in [0.2, 0.25) is 0 Å². The number of benzene rings is 1. The smallest absolute Gasteiger partial charge is 0.116 e. The molecule has 2 aliphatic rings. The fraction of sp³-hybridized carbons (Fsp3) is 0.409. The highest BCUT2D eigenvalue weighted by Crippen LogP contribution is 2.45. The Labute approximate surface area is 164 Å². The van der Waals surface area contributed by atoms with Gasteiger partial charge in [0.25, 0.3) is 0 Å². The SMILES string of the molecule is C.CCC1=Cc2cc(Br)cnc2C(C2CCNCC2)c2ccc(O)cc21. The van der Waals surface area contributed by atoms with Gasteiger partial charge >= 0.3 is 0 Å². The van der Waals surface area contributed by atoms with E-state index in [0.29, 0.717) is 11.7 Å². The van der Waals surface area contributed by atoms with E-state index < -0.39 is 0 Å².